The van der Waals surface area contributed by atoms with Gasteiger partial charge in [-0.05, 0) is 94.3 Å². The molecule has 26 heteroatoms. The summed E-state index contributed by atoms with van der Waals surface area (Å²) in [6, 6.07) is 8.33. The third-order valence-electron chi connectivity index (χ3n) is 12.8. The lowest BCUT2D eigenvalue weighted by atomic mass is 9.76. The number of carbonyl (C=O) groups is 1. The molecule has 2 unspecified atom stereocenters. The lowest BCUT2D eigenvalue weighted by Crippen LogP contribution is -2.32. The highest BCUT2D eigenvalue weighted by Gasteiger charge is 2.48. The summed E-state index contributed by atoms with van der Waals surface area (Å²) in [7, 11) is -16.4. The number of allylic oxidation sites excluding steroid dienone is 8. The molecule has 426 valence electrons. The number of hydrogen-bond acceptors (Lipinski definition) is 16. The Morgan fingerprint density at radius 3 is 1.61 bits per heavy atom. The quantitative estimate of drug-likeness (QED) is 0.0237. The van der Waals surface area contributed by atoms with Crippen molar-refractivity contribution in [1.29, 1.82) is 0 Å². The van der Waals surface area contributed by atoms with Gasteiger partial charge in [0.25, 0.3) is 40.5 Å². The average molecular weight is 1150 g/mol. The predicted molar refractivity (Wildman–Crippen MR) is 283 cm³/mol. The van der Waals surface area contributed by atoms with Crippen LogP contribution in [0.5, 0.6) is 0 Å². The highest BCUT2D eigenvalue weighted by atomic mass is 32.2. The summed E-state index contributed by atoms with van der Waals surface area (Å²) < 4.78 is 171. The van der Waals surface area contributed by atoms with Crippen molar-refractivity contribution >= 4 is 63.5 Å². The van der Waals surface area contributed by atoms with Crippen molar-refractivity contribution in [1.82, 2.24) is 0 Å². The van der Waals surface area contributed by atoms with E-state index in [1.54, 1.807) is 68.7 Å². The minimum Gasteiger partial charge on any atom is -0.481 e. The number of carboxylic acid groups (broad SMARTS) is 1. The highest BCUT2D eigenvalue weighted by molar-refractivity contribution is 7.86. The Bertz CT molecular complexity index is 2870. The molecule has 0 saturated carbocycles. The summed E-state index contributed by atoms with van der Waals surface area (Å²) in [6.45, 7) is 8.35. The predicted octanol–water partition coefficient (Wildman–Crippen LogP) is 5.58. The molecule has 5 N–H and O–H groups in total. The molecule has 0 radical (unpaired) electrons. The minimum atomic E-state index is -4.65. The molecule has 0 aliphatic carbocycles. The maximum atomic E-state index is 12.4. The SMILES string of the molecule is COCCOCCOCCOCCOCCOCCN1/C(=C/C=C/C=C/C=C/C2=[N+](CCCCCC(=O)O)c3ccc(S(=O)(=O)O)cc3C2(C)CCCS(=O)(=O)O)C(C)(CCCS(=O)(=O)O)c2cc(S(=O)(=O)O)ccc21. The van der Waals surface area contributed by atoms with E-state index in [4.69, 9.17) is 33.5 Å². The fourth-order valence-corrected chi connectivity index (χ4v) is 11.1. The first-order valence-electron chi connectivity index (χ1n) is 24.7. The molecular weight excluding hydrogens is 1080 g/mol. The Kier molecular flexibility index (Phi) is 25.5. The molecule has 0 amide bonds. The Morgan fingerprint density at radius 1 is 0.592 bits per heavy atom. The van der Waals surface area contributed by atoms with E-state index in [0.717, 1.165) is 0 Å². The molecule has 0 fully saturated rings. The summed E-state index contributed by atoms with van der Waals surface area (Å²) in [4.78, 5) is 12.4. The van der Waals surface area contributed by atoms with E-state index in [1.165, 1.54) is 24.3 Å². The van der Waals surface area contributed by atoms with E-state index < -0.39 is 68.8 Å². The fraction of sp³-hybridized carbons (Fsp3) is 0.560. The standard InChI is InChI=1S/C50H72N2O20S4/c1-49(21-12-36-73(55,56)57)42-38-40(75(61,62)63)17-19-44(42)51(23-11-7-10-16-48(53)54)46(49)14-8-5-4-6-9-15-47-50(2,22-13-37-74(58,59)60)43-39-41(76(64,65)66)18-20-45(43)52(47)24-25-68-28-29-70-32-33-72-35-34-71-31-30-69-27-26-67-3/h4-6,8-9,14-15,17-20,38-39H,7,10-13,16,21-37H2,1-3H3,(H4-,53,54,55,56,57,58,59,60,61,62,63,64,65,66)/p+1. The molecule has 2 heterocycles. The first-order valence-corrected chi connectivity index (χ1v) is 30.8. The van der Waals surface area contributed by atoms with Crippen molar-refractivity contribution in [2.75, 3.05) is 109 Å². The topological polar surface area (TPSA) is 316 Å². The number of carboxylic acids is 1. The molecule has 0 saturated heterocycles. The van der Waals surface area contributed by atoms with Crippen molar-refractivity contribution in [2.45, 2.75) is 85.8 Å². The van der Waals surface area contributed by atoms with Gasteiger partial charge in [-0.25, -0.2) is 0 Å². The number of fused-ring (bicyclic) bond motifs is 2. The molecular formula is C50H73N2O20S4+. The monoisotopic (exact) mass is 1150 g/mol. The van der Waals surface area contributed by atoms with Gasteiger partial charge in [-0.1, -0.05) is 30.4 Å². The largest absolute Gasteiger partial charge is 0.481 e. The van der Waals surface area contributed by atoms with Crippen LogP contribution in [0.15, 0.2) is 94.4 Å². The molecule has 2 aromatic rings. The number of unbranched alkanes of at least 4 members (excludes halogenated alkanes) is 2. The molecule has 0 bridgehead atoms. The number of benzene rings is 2. The molecule has 2 atom stereocenters. The summed E-state index contributed by atoms with van der Waals surface area (Å²) in [5.41, 5.74) is 1.40. The van der Waals surface area contributed by atoms with E-state index in [-0.39, 0.29) is 68.3 Å². The first kappa shape index (κ1) is 64.3. The van der Waals surface area contributed by atoms with E-state index in [9.17, 15) is 56.7 Å². The third-order valence-corrected chi connectivity index (χ3v) is 16.1. The number of rotatable bonds is 38. The Hall–Kier alpha value is -4.26. The highest BCUT2D eigenvalue weighted by Crippen LogP contribution is 2.51. The Morgan fingerprint density at radius 2 is 1.08 bits per heavy atom. The molecule has 22 nitrogen and oxygen atoms in total. The third kappa shape index (κ3) is 20.5. The Balaban J connectivity index is 1.57. The van der Waals surface area contributed by atoms with Crippen LogP contribution in [0, 0.1) is 0 Å². The smallest absolute Gasteiger partial charge is 0.303 e. The molecule has 76 heavy (non-hydrogen) atoms. The second-order valence-corrected chi connectivity index (χ2v) is 24.4. The maximum Gasteiger partial charge on any atom is 0.303 e. The second-order valence-electron chi connectivity index (χ2n) is 18.4. The van der Waals surface area contributed by atoms with Crippen LogP contribution in [0.25, 0.3) is 0 Å². The molecule has 0 spiro atoms. The minimum absolute atomic E-state index is 0.00333. The van der Waals surface area contributed by atoms with Crippen molar-refractivity contribution in [3.63, 3.8) is 0 Å². The normalized spacial score (nSPS) is 18.8. The number of aliphatic carboxylic acids is 1. The van der Waals surface area contributed by atoms with E-state index >= 15 is 0 Å². The number of anilines is 1. The number of methoxy groups -OCH3 is 1. The van der Waals surface area contributed by atoms with Crippen LogP contribution in [0.1, 0.15) is 76.3 Å². The van der Waals surface area contributed by atoms with Crippen LogP contribution in [0.4, 0.5) is 11.4 Å². The van der Waals surface area contributed by atoms with Gasteiger partial charge in [0.1, 0.15) is 6.54 Å². The zero-order valence-corrected chi connectivity index (χ0v) is 46.4. The van der Waals surface area contributed by atoms with Crippen LogP contribution in [0.2, 0.25) is 0 Å². The summed E-state index contributed by atoms with van der Waals surface area (Å²) in [6.07, 6.45) is 13.9. The zero-order chi connectivity index (χ0) is 56.0. The molecule has 4 rings (SSSR count). The lowest BCUT2D eigenvalue weighted by molar-refractivity contribution is -0.438. The number of hydrogen-bond donors (Lipinski definition) is 5. The zero-order valence-electron chi connectivity index (χ0n) is 43.2. The van der Waals surface area contributed by atoms with Crippen molar-refractivity contribution in [3.8, 4) is 0 Å². The van der Waals surface area contributed by atoms with Gasteiger partial charge in [0.05, 0.1) is 99.4 Å². The second kappa shape index (κ2) is 30.2. The number of ether oxygens (including phenoxy) is 6. The van der Waals surface area contributed by atoms with E-state index in [1.807, 2.05) is 16.4 Å². The van der Waals surface area contributed by atoms with Gasteiger partial charge in [-0.2, -0.15) is 38.2 Å². The van der Waals surface area contributed by atoms with E-state index in [0.29, 0.717) is 113 Å². The fourth-order valence-electron chi connectivity index (χ4n) is 9.10. The molecule has 2 aromatic carbocycles. The van der Waals surface area contributed by atoms with Gasteiger partial charge < -0.3 is 38.4 Å². The van der Waals surface area contributed by atoms with E-state index in [2.05, 4.69) is 0 Å². The summed E-state index contributed by atoms with van der Waals surface area (Å²) >= 11 is 0. The first-order chi connectivity index (χ1) is 35.8. The summed E-state index contributed by atoms with van der Waals surface area (Å²) in [5.74, 6) is -2.05. The van der Waals surface area contributed by atoms with Gasteiger partial charge in [0.15, 0.2) is 5.71 Å². The van der Waals surface area contributed by atoms with Gasteiger partial charge in [0.2, 0.25) is 5.69 Å². The lowest BCUT2D eigenvalue weighted by Gasteiger charge is -2.30. The Labute approximate surface area is 447 Å². The van der Waals surface area contributed by atoms with Crippen LogP contribution in [0.3, 0.4) is 0 Å². The van der Waals surface area contributed by atoms with Crippen LogP contribution < -0.4 is 4.90 Å². The maximum absolute atomic E-state index is 12.4. The van der Waals surface area contributed by atoms with Crippen molar-refractivity contribution in [3.05, 3.63) is 95.8 Å². The van der Waals surface area contributed by atoms with Gasteiger partial charge in [0, 0.05) is 61.0 Å². The van der Waals surface area contributed by atoms with Crippen LogP contribution >= 0.6 is 0 Å². The summed E-state index contributed by atoms with van der Waals surface area (Å²) in [5, 5.41) is 9.16. The van der Waals surface area contributed by atoms with Gasteiger partial charge >= 0.3 is 5.97 Å². The van der Waals surface area contributed by atoms with Gasteiger partial charge in [-0.3, -0.25) is 23.0 Å². The molecule has 2 aliphatic heterocycles. The molecule has 2 aliphatic rings. The van der Waals surface area contributed by atoms with Crippen LogP contribution in [-0.2, 0) is 84.5 Å². The average Bonchev–Trinajstić information content (AvgIpc) is 3.69. The van der Waals surface area contributed by atoms with Crippen molar-refractivity contribution < 1.29 is 94.8 Å². The molecule has 0 aromatic heterocycles. The van der Waals surface area contributed by atoms with Gasteiger partial charge in [-0.15, -0.1) is 0 Å². The van der Waals surface area contributed by atoms with Crippen molar-refractivity contribution in [2.24, 2.45) is 0 Å². The van der Waals surface area contributed by atoms with Crippen LogP contribution in [-0.4, -0.2) is 178 Å². The number of nitrogens with zero attached hydrogens (tertiary/aromatic N) is 2.